The summed E-state index contributed by atoms with van der Waals surface area (Å²) in [6.07, 6.45) is 2.21. The van der Waals surface area contributed by atoms with E-state index in [0.29, 0.717) is 15.5 Å². The monoisotopic (exact) mass is 527 g/mol. The van der Waals surface area contributed by atoms with E-state index in [1.807, 2.05) is 12.3 Å². The molecule has 0 saturated carbocycles. The lowest BCUT2D eigenvalue weighted by atomic mass is 9.71. The SMILES string of the molecule is O=C(O)C(F)(F)F.O=C1C=C2S[C@H]3C[C@]2(C=C1Br)c1c2c4c(c(O)c1=N3)N=CC=4CCN2. The first kappa shape index (κ1) is 21.3. The van der Waals surface area contributed by atoms with Crippen molar-refractivity contribution < 1.29 is 33.0 Å². The van der Waals surface area contributed by atoms with Crippen molar-refractivity contribution in [3.8, 4) is 5.75 Å². The number of carboxylic acid groups (broad SMARTS) is 1. The minimum Gasteiger partial charge on any atom is -0.504 e. The van der Waals surface area contributed by atoms with Gasteiger partial charge in [0.1, 0.15) is 16.4 Å². The van der Waals surface area contributed by atoms with E-state index >= 15 is 0 Å². The Balaban J connectivity index is 0.000000272. The lowest BCUT2D eigenvalue weighted by molar-refractivity contribution is -0.192. The quantitative estimate of drug-likeness (QED) is 0.447. The Labute approximate surface area is 190 Å². The van der Waals surface area contributed by atoms with Crippen LogP contribution in [-0.4, -0.2) is 46.3 Å². The van der Waals surface area contributed by atoms with Crippen LogP contribution in [0.3, 0.4) is 0 Å². The second kappa shape index (κ2) is 6.95. The van der Waals surface area contributed by atoms with Gasteiger partial charge in [0.2, 0.25) is 0 Å². The lowest BCUT2D eigenvalue weighted by Gasteiger charge is -2.35. The van der Waals surface area contributed by atoms with Gasteiger partial charge in [-0.05, 0) is 40.4 Å². The number of thioether (sulfide) groups is 1. The fraction of sp³-hybridized carbons (Fsp3) is 0.300. The number of carbonyl (C=O) groups excluding carboxylic acids is 1. The molecule has 0 unspecified atom stereocenters. The van der Waals surface area contributed by atoms with Gasteiger partial charge < -0.3 is 15.5 Å². The molecule has 1 aliphatic carbocycles. The van der Waals surface area contributed by atoms with Gasteiger partial charge in [-0.2, -0.15) is 13.2 Å². The number of anilines is 1. The normalized spacial score (nSPS) is 25.9. The van der Waals surface area contributed by atoms with Crippen molar-refractivity contribution in [3.05, 3.63) is 37.7 Å². The summed E-state index contributed by atoms with van der Waals surface area (Å²) in [4.78, 5) is 31.4. The maximum atomic E-state index is 12.2. The molecule has 4 heterocycles. The molecule has 0 radical (unpaired) electrons. The summed E-state index contributed by atoms with van der Waals surface area (Å²) >= 11 is 5.06. The second-order valence-corrected chi connectivity index (χ2v) is 9.75. The first-order valence-corrected chi connectivity index (χ1v) is 11.1. The first-order valence-electron chi connectivity index (χ1n) is 9.43. The molecule has 1 saturated heterocycles. The van der Waals surface area contributed by atoms with Crippen molar-refractivity contribution in [1.82, 2.24) is 0 Å². The zero-order valence-corrected chi connectivity index (χ0v) is 18.4. The highest BCUT2D eigenvalue weighted by molar-refractivity contribution is 9.12. The maximum absolute atomic E-state index is 12.2. The van der Waals surface area contributed by atoms with Gasteiger partial charge >= 0.3 is 12.1 Å². The van der Waals surface area contributed by atoms with Crippen LogP contribution in [-0.2, 0) is 15.0 Å². The lowest BCUT2D eigenvalue weighted by Crippen LogP contribution is -2.40. The number of allylic oxidation sites excluding steroid dienone is 4. The van der Waals surface area contributed by atoms with E-state index in [1.54, 1.807) is 17.8 Å². The van der Waals surface area contributed by atoms with Crippen LogP contribution in [0.25, 0.3) is 5.57 Å². The number of aromatic hydroxyl groups is 1. The van der Waals surface area contributed by atoms with Gasteiger partial charge in [-0.3, -0.25) is 14.8 Å². The number of phenolic OH excluding ortho intramolecular Hbond substituents is 1. The summed E-state index contributed by atoms with van der Waals surface area (Å²) in [5.41, 5.74) is 3.39. The van der Waals surface area contributed by atoms with Gasteiger partial charge in [-0.1, -0.05) is 6.08 Å². The third kappa shape index (κ3) is 2.95. The van der Waals surface area contributed by atoms with E-state index in [-0.39, 0.29) is 16.9 Å². The van der Waals surface area contributed by atoms with E-state index < -0.39 is 17.6 Å². The number of fused-ring (bicyclic) bond motifs is 3. The number of ketones is 1. The molecule has 2 bridgehead atoms. The predicted molar refractivity (Wildman–Crippen MR) is 115 cm³/mol. The van der Waals surface area contributed by atoms with Crippen molar-refractivity contribution in [1.29, 1.82) is 0 Å². The standard InChI is InChI=1S/C18H12BrN3O2S.C2HF3O2/c19-8-4-18-5-11(25-10(18)3-9(8)23)22-16-13(18)14-12-7(1-2-20-14)6-21-15(12)17(16)24;3-2(4,5)1(6)7/h3-4,6,11,20,24H,1-2,5H2;(H,6,7)/t11-,18-;/m0./s1. The summed E-state index contributed by atoms with van der Waals surface area (Å²) in [5, 5.41) is 23.2. The van der Waals surface area contributed by atoms with Gasteiger partial charge in [0.15, 0.2) is 11.5 Å². The highest BCUT2D eigenvalue weighted by Gasteiger charge is 2.52. The predicted octanol–water partition coefficient (Wildman–Crippen LogP) is 2.79. The number of benzene rings is 1. The molecule has 1 spiro atoms. The molecule has 1 aromatic carbocycles. The molecule has 4 aliphatic heterocycles. The molecule has 7 nitrogen and oxygen atoms in total. The van der Waals surface area contributed by atoms with Gasteiger partial charge in [-0.25, -0.2) is 4.79 Å². The van der Waals surface area contributed by atoms with Crippen molar-refractivity contribution >= 4 is 62.6 Å². The number of hydrogen-bond donors (Lipinski definition) is 3. The van der Waals surface area contributed by atoms with E-state index in [0.717, 1.165) is 46.3 Å². The van der Waals surface area contributed by atoms with Gasteiger partial charge in [0, 0.05) is 28.4 Å². The molecule has 3 N–H and O–H groups in total. The van der Waals surface area contributed by atoms with Crippen LogP contribution in [0.1, 0.15) is 18.4 Å². The first-order chi connectivity index (χ1) is 15.0. The van der Waals surface area contributed by atoms with Crippen LogP contribution >= 0.6 is 27.7 Å². The molecule has 0 aromatic heterocycles. The average molecular weight is 528 g/mol. The topological polar surface area (TPSA) is 111 Å². The Morgan fingerprint density at radius 3 is 2.78 bits per heavy atom. The Morgan fingerprint density at radius 2 is 2.09 bits per heavy atom. The van der Waals surface area contributed by atoms with E-state index in [4.69, 9.17) is 14.9 Å². The van der Waals surface area contributed by atoms with E-state index in [9.17, 15) is 23.1 Å². The fourth-order valence-electron chi connectivity index (χ4n) is 4.56. The van der Waals surface area contributed by atoms with Crippen molar-refractivity contribution in [2.45, 2.75) is 29.8 Å². The third-order valence-corrected chi connectivity index (χ3v) is 7.72. The summed E-state index contributed by atoms with van der Waals surface area (Å²) < 4.78 is 32.3. The molecule has 6 rings (SSSR count). The molecule has 0 amide bonds. The average Bonchev–Trinajstić information content (AvgIpc) is 3.26. The summed E-state index contributed by atoms with van der Waals surface area (Å²) in [7, 11) is 0. The molecular weight excluding hydrogens is 515 g/mol. The van der Waals surface area contributed by atoms with E-state index in [1.165, 1.54) is 0 Å². The largest absolute Gasteiger partial charge is 0.504 e. The fourth-order valence-corrected chi connectivity index (χ4v) is 6.49. The maximum Gasteiger partial charge on any atom is 0.490 e. The smallest absolute Gasteiger partial charge is 0.490 e. The van der Waals surface area contributed by atoms with Gasteiger partial charge in [-0.15, -0.1) is 11.8 Å². The second-order valence-electron chi connectivity index (χ2n) is 7.68. The van der Waals surface area contributed by atoms with Crippen LogP contribution in [0.2, 0.25) is 0 Å². The van der Waals surface area contributed by atoms with Crippen LogP contribution in [0.15, 0.2) is 31.5 Å². The molecule has 12 heteroatoms. The minimum absolute atomic E-state index is 0.00905. The van der Waals surface area contributed by atoms with Gasteiger partial charge in [0.25, 0.3) is 0 Å². The molecule has 166 valence electrons. The van der Waals surface area contributed by atoms with Crippen LogP contribution < -0.4 is 15.9 Å². The van der Waals surface area contributed by atoms with Gasteiger partial charge in [0.05, 0.1) is 15.6 Å². The number of rotatable bonds is 0. The summed E-state index contributed by atoms with van der Waals surface area (Å²) in [6, 6.07) is 0. The van der Waals surface area contributed by atoms with Crippen molar-refractivity contribution in [2.24, 2.45) is 9.98 Å². The zero-order valence-electron chi connectivity index (χ0n) is 16.0. The number of carbonyl (C=O) groups is 2. The van der Waals surface area contributed by atoms with Crippen LogP contribution in [0, 0.1) is 0 Å². The number of phenols is 1. The molecule has 32 heavy (non-hydrogen) atoms. The molecule has 5 aliphatic rings. The number of nitrogens with zero attached hydrogens (tertiary/aromatic N) is 2. The van der Waals surface area contributed by atoms with E-state index in [2.05, 4.69) is 26.2 Å². The van der Waals surface area contributed by atoms with Crippen LogP contribution in [0.5, 0.6) is 5.75 Å². The Bertz CT molecular complexity index is 1340. The highest BCUT2D eigenvalue weighted by Crippen LogP contribution is 2.58. The Kier molecular flexibility index (Phi) is 4.61. The number of nitrogens with one attached hydrogen (secondary N) is 1. The third-order valence-electron chi connectivity index (χ3n) is 5.82. The number of alkyl halides is 3. The number of aliphatic imine (C=N–C) groups is 1. The molecule has 2 atom stereocenters. The Hall–Kier alpha value is -2.60. The summed E-state index contributed by atoms with van der Waals surface area (Å²) in [5.74, 6) is -2.60. The number of carboxylic acids is 1. The van der Waals surface area contributed by atoms with Crippen molar-refractivity contribution in [3.63, 3.8) is 0 Å². The highest BCUT2D eigenvalue weighted by atomic mass is 79.9. The molecule has 1 fully saturated rings. The number of aliphatic carboxylic acids is 1. The Morgan fingerprint density at radius 1 is 1.38 bits per heavy atom. The summed E-state index contributed by atoms with van der Waals surface area (Å²) in [6.45, 7) is 0.834. The van der Waals surface area contributed by atoms with Crippen LogP contribution in [0.4, 0.5) is 24.5 Å². The molecular formula is C20H13BrF3N3O4S. The number of halogens is 4. The number of hydrogen-bond acceptors (Lipinski definition) is 7. The van der Waals surface area contributed by atoms with Crippen molar-refractivity contribution in [2.75, 3.05) is 11.9 Å². The minimum atomic E-state index is -5.08. The molecule has 1 aromatic rings. The zero-order chi connectivity index (χ0) is 23.0.